The predicted molar refractivity (Wildman–Crippen MR) is 195 cm³/mol. The van der Waals surface area contributed by atoms with Gasteiger partial charge in [-0.3, -0.25) is 0 Å². The van der Waals surface area contributed by atoms with Crippen LogP contribution in [0.2, 0.25) is 0 Å². The predicted octanol–water partition coefficient (Wildman–Crippen LogP) is 11.0. The molecule has 3 aliphatic rings. The van der Waals surface area contributed by atoms with Crippen molar-refractivity contribution in [1.29, 1.82) is 0 Å². The topological polar surface area (TPSA) is 18.5 Å². The van der Waals surface area contributed by atoms with E-state index >= 15 is 0 Å². The van der Waals surface area contributed by atoms with Gasteiger partial charge >= 0.3 is 0 Å². The fourth-order valence-corrected chi connectivity index (χ4v) is 8.15. The van der Waals surface area contributed by atoms with Gasteiger partial charge in [-0.15, -0.1) is 0 Å². The molecule has 0 saturated carbocycles. The van der Waals surface area contributed by atoms with E-state index in [2.05, 4.69) is 129 Å². The highest BCUT2D eigenvalue weighted by molar-refractivity contribution is 5.86. The normalized spacial score (nSPS) is 19.2. The van der Waals surface area contributed by atoms with Crippen LogP contribution in [0.25, 0.3) is 11.1 Å². The Balaban J connectivity index is 0.000000207. The first-order chi connectivity index (χ1) is 23.2. The molecule has 0 heterocycles. The number of fused-ring (bicyclic) bond motifs is 6. The Labute approximate surface area is 279 Å². The Morgan fingerprint density at radius 3 is 1.66 bits per heavy atom. The highest BCUT2D eigenvalue weighted by Gasteiger charge is 2.45. The van der Waals surface area contributed by atoms with Gasteiger partial charge in [-0.25, -0.2) is 0 Å². The van der Waals surface area contributed by atoms with Gasteiger partial charge < -0.3 is 9.47 Å². The van der Waals surface area contributed by atoms with Crippen molar-refractivity contribution in [1.82, 2.24) is 0 Å². The van der Waals surface area contributed by atoms with E-state index < -0.39 is 5.41 Å². The lowest BCUT2D eigenvalue weighted by Gasteiger charge is -2.34. The van der Waals surface area contributed by atoms with Crippen molar-refractivity contribution >= 4 is 0 Å². The van der Waals surface area contributed by atoms with Gasteiger partial charge in [-0.05, 0) is 93.5 Å². The van der Waals surface area contributed by atoms with E-state index in [1.807, 2.05) is 24.3 Å². The summed E-state index contributed by atoms with van der Waals surface area (Å²) in [7, 11) is 0. The third kappa shape index (κ3) is 5.42. The molecule has 234 valence electrons. The second-order valence-electron chi connectivity index (χ2n) is 12.7. The molecule has 0 spiro atoms. The summed E-state index contributed by atoms with van der Waals surface area (Å²) in [5.41, 5.74) is 10.3. The first-order valence-corrected chi connectivity index (χ1v) is 16.8. The zero-order chi connectivity index (χ0) is 32.2. The van der Waals surface area contributed by atoms with Gasteiger partial charge in [0, 0.05) is 5.92 Å². The molecule has 0 aliphatic heterocycles. The number of hydrogen-bond donors (Lipinski definition) is 0. The number of ether oxygens (including phenoxy) is 2. The Kier molecular flexibility index (Phi) is 8.68. The van der Waals surface area contributed by atoms with Crippen molar-refractivity contribution < 1.29 is 9.47 Å². The van der Waals surface area contributed by atoms with Crippen LogP contribution in [0.4, 0.5) is 0 Å². The van der Waals surface area contributed by atoms with E-state index in [4.69, 9.17) is 9.47 Å². The summed E-state index contributed by atoms with van der Waals surface area (Å²) < 4.78 is 11.5. The summed E-state index contributed by atoms with van der Waals surface area (Å²) in [6.45, 7) is 10.9. The van der Waals surface area contributed by atoms with Crippen LogP contribution < -0.4 is 9.47 Å². The first kappa shape index (κ1) is 30.6. The van der Waals surface area contributed by atoms with Gasteiger partial charge in [0.15, 0.2) is 0 Å². The van der Waals surface area contributed by atoms with Crippen LogP contribution in [-0.4, -0.2) is 13.2 Å². The molecule has 0 amide bonds. The van der Waals surface area contributed by atoms with E-state index in [1.165, 1.54) is 46.2 Å². The third-order valence-electron chi connectivity index (χ3n) is 10.2. The smallest absolute Gasteiger partial charge is 0.119 e. The SMILES string of the molecule is C=CCOc1ccc(C2(c3ccc(OCC=C)cc3)c3ccccc3-c3ccccc32)cc1.CC1c2ccccc2C2C=CCCC12. The summed E-state index contributed by atoms with van der Waals surface area (Å²) >= 11 is 0. The molecule has 0 aromatic heterocycles. The molecule has 0 N–H and O–H groups in total. The molecule has 3 unspecified atom stereocenters. The van der Waals surface area contributed by atoms with Crippen LogP contribution in [0.3, 0.4) is 0 Å². The zero-order valence-electron chi connectivity index (χ0n) is 27.1. The molecule has 8 rings (SSSR count). The minimum absolute atomic E-state index is 0.429. The van der Waals surface area contributed by atoms with Crippen molar-refractivity contribution in [2.45, 2.75) is 37.0 Å². The van der Waals surface area contributed by atoms with Crippen molar-refractivity contribution in [2.24, 2.45) is 5.92 Å². The van der Waals surface area contributed by atoms with E-state index in [-0.39, 0.29) is 0 Å². The fourth-order valence-electron chi connectivity index (χ4n) is 8.15. The quantitative estimate of drug-likeness (QED) is 0.159. The van der Waals surface area contributed by atoms with Crippen molar-refractivity contribution in [2.75, 3.05) is 13.2 Å². The molecule has 3 aliphatic carbocycles. The lowest BCUT2D eigenvalue weighted by atomic mass is 9.68. The van der Waals surface area contributed by atoms with Gasteiger partial charge in [0.25, 0.3) is 0 Å². The molecule has 0 saturated heterocycles. The fraction of sp³-hybridized carbons (Fsp3) is 0.200. The maximum atomic E-state index is 5.76. The Bertz CT molecular complexity index is 1790. The summed E-state index contributed by atoms with van der Waals surface area (Å²) in [5, 5.41) is 0. The van der Waals surface area contributed by atoms with E-state index in [0.29, 0.717) is 13.2 Å². The average molecular weight is 615 g/mol. The summed E-state index contributed by atoms with van der Waals surface area (Å²) in [5.74, 6) is 4.02. The van der Waals surface area contributed by atoms with Gasteiger partial charge in [0.05, 0.1) is 5.41 Å². The summed E-state index contributed by atoms with van der Waals surface area (Å²) in [6.07, 6.45) is 11.0. The molecular formula is C45H42O2. The molecule has 0 fully saturated rings. The van der Waals surface area contributed by atoms with E-state index in [1.54, 1.807) is 23.3 Å². The lowest BCUT2D eigenvalue weighted by molar-refractivity contribution is 0.363. The standard InChI is InChI=1S/C31H26O2.C14H16/c1-3-21-32-25-17-13-23(14-18-25)31(24-15-19-26(20-16-24)33-22-4-2)29-11-7-5-9-27(29)28-10-6-8-12-30(28)31;1-10-11-6-2-4-8-13(11)14-9-5-3-7-12(10)14/h3-20H,1-2,21-22H2;2,4-6,8-10,12,14H,3,7H2,1H3. The van der Waals surface area contributed by atoms with Gasteiger partial charge in [0.2, 0.25) is 0 Å². The molecule has 0 bridgehead atoms. The molecule has 3 atom stereocenters. The highest BCUT2D eigenvalue weighted by Crippen LogP contribution is 2.56. The molecule has 5 aromatic rings. The Morgan fingerprint density at radius 2 is 1.13 bits per heavy atom. The zero-order valence-corrected chi connectivity index (χ0v) is 27.1. The van der Waals surface area contributed by atoms with Gasteiger partial charge in [0.1, 0.15) is 24.7 Å². The van der Waals surface area contributed by atoms with E-state index in [9.17, 15) is 0 Å². The second-order valence-corrected chi connectivity index (χ2v) is 12.7. The largest absolute Gasteiger partial charge is 0.490 e. The molecule has 5 aromatic carbocycles. The van der Waals surface area contributed by atoms with Crippen LogP contribution in [0.5, 0.6) is 11.5 Å². The first-order valence-electron chi connectivity index (χ1n) is 16.8. The van der Waals surface area contributed by atoms with Gasteiger partial charge in [-0.1, -0.05) is 141 Å². The summed E-state index contributed by atoms with van der Waals surface area (Å²) in [6, 6.07) is 43.3. The maximum absolute atomic E-state index is 5.76. The minimum Gasteiger partial charge on any atom is -0.490 e. The van der Waals surface area contributed by atoms with E-state index in [0.717, 1.165) is 29.3 Å². The molecule has 47 heavy (non-hydrogen) atoms. The van der Waals surface area contributed by atoms with Crippen LogP contribution in [-0.2, 0) is 5.41 Å². The van der Waals surface area contributed by atoms with Crippen LogP contribution >= 0.6 is 0 Å². The minimum atomic E-state index is -0.429. The van der Waals surface area contributed by atoms with Crippen LogP contribution in [0.15, 0.2) is 159 Å². The number of rotatable bonds is 8. The second kappa shape index (κ2) is 13.3. The van der Waals surface area contributed by atoms with Gasteiger partial charge in [-0.2, -0.15) is 0 Å². The highest BCUT2D eigenvalue weighted by atomic mass is 16.5. The lowest BCUT2D eigenvalue weighted by Crippen LogP contribution is -2.28. The molecule has 2 heteroatoms. The number of benzene rings is 5. The Morgan fingerprint density at radius 1 is 0.638 bits per heavy atom. The molecule has 0 radical (unpaired) electrons. The maximum Gasteiger partial charge on any atom is 0.119 e. The van der Waals surface area contributed by atoms with Crippen LogP contribution in [0, 0.1) is 5.92 Å². The monoisotopic (exact) mass is 614 g/mol. The molecule has 2 nitrogen and oxygen atoms in total. The van der Waals surface area contributed by atoms with Crippen molar-refractivity contribution in [3.63, 3.8) is 0 Å². The average Bonchev–Trinajstić information content (AvgIpc) is 3.60. The third-order valence-corrected chi connectivity index (χ3v) is 10.2. The Hall–Kier alpha value is -5.08. The van der Waals surface area contributed by atoms with Crippen LogP contribution in [0.1, 0.15) is 65.0 Å². The summed E-state index contributed by atoms with van der Waals surface area (Å²) in [4.78, 5) is 0. The molecular weight excluding hydrogens is 572 g/mol. The number of hydrogen-bond acceptors (Lipinski definition) is 2. The van der Waals surface area contributed by atoms with Crippen molar-refractivity contribution in [3.8, 4) is 22.6 Å². The number of allylic oxidation sites excluding steroid dienone is 2. The van der Waals surface area contributed by atoms with Crippen molar-refractivity contribution in [3.05, 3.63) is 192 Å².